The van der Waals surface area contributed by atoms with Crippen LogP contribution in [0.3, 0.4) is 0 Å². The molecule has 0 bridgehead atoms. The molecule has 0 saturated carbocycles. The molecule has 0 aromatic carbocycles. The van der Waals surface area contributed by atoms with E-state index in [4.69, 9.17) is 5.73 Å². The number of nitrogens with two attached hydrogens (primary N) is 1. The molecule has 0 saturated heterocycles. The first kappa shape index (κ1) is 22.7. The van der Waals surface area contributed by atoms with Gasteiger partial charge in [0.1, 0.15) is 0 Å². The maximum Gasteiger partial charge on any atom is 0.322 e. The molecule has 0 fully saturated rings. The van der Waals surface area contributed by atoms with Gasteiger partial charge in [-0.05, 0) is 6.42 Å². The van der Waals surface area contributed by atoms with Crippen LogP contribution in [0.2, 0.25) is 0 Å². The molecule has 0 aliphatic heterocycles. The van der Waals surface area contributed by atoms with Crippen molar-refractivity contribution in [2.24, 2.45) is 5.73 Å². The number of carbonyl (C=O) groups is 2. The number of amides is 4. The molecule has 0 atom stereocenters. The van der Waals surface area contributed by atoms with Crippen LogP contribution in [0.5, 0.6) is 0 Å². The normalized spacial score (nSPS) is 10.5. The van der Waals surface area contributed by atoms with E-state index in [-0.39, 0.29) is 0 Å². The van der Waals surface area contributed by atoms with E-state index in [1.54, 1.807) is 0 Å². The van der Waals surface area contributed by atoms with Crippen LogP contribution in [-0.2, 0) is 0 Å². The summed E-state index contributed by atoms with van der Waals surface area (Å²) < 4.78 is 0. The highest BCUT2D eigenvalue weighted by atomic mass is 16.2. The number of hydrogen-bond acceptors (Lipinski definition) is 2. The van der Waals surface area contributed by atoms with Crippen LogP contribution in [0.25, 0.3) is 0 Å². The molecule has 0 aliphatic carbocycles. The van der Waals surface area contributed by atoms with Crippen LogP contribution in [0.15, 0.2) is 0 Å². The van der Waals surface area contributed by atoms with Gasteiger partial charge in [-0.15, -0.1) is 0 Å². The Kier molecular flexibility index (Phi) is 17.1. The Morgan fingerprint density at radius 2 is 1.04 bits per heavy atom. The molecular formula is C19H39N3O2. The number of hydrogen-bond donors (Lipinski definition) is 3. The molecule has 0 aromatic heterocycles. The van der Waals surface area contributed by atoms with Crippen molar-refractivity contribution in [3.05, 3.63) is 0 Å². The van der Waals surface area contributed by atoms with E-state index in [0.29, 0.717) is 6.54 Å². The lowest BCUT2D eigenvalue weighted by Crippen LogP contribution is -2.42. The first-order chi connectivity index (χ1) is 11.7. The SMILES string of the molecule is CCCCCCCCCCCCCCCCCNC(=O)NC(N)=O. The van der Waals surface area contributed by atoms with Gasteiger partial charge in [-0.1, -0.05) is 96.8 Å². The van der Waals surface area contributed by atoms with Gasteiger partial charge in [0.25, 0.3) is 0 Å². The van der Waals surface area contributed by atoms with Crippen LogP contribution in [0.1, 0.15) is 103 Å². The molecule has 24 heavy (non-hydrogen) atoms. The van der Waals surface area contributed by atoms with E-state index < -0.39 is 12.1 Å². The zero-order valence-electron chi connectivity index (χ0n) is 15.7. The van der Waals surface area contributed by atoms with Gasteiger partial charge in [0, 0.05) is 6.54 Å². The van der Waals surface area contributed by atoms with Gasteiger partial charge in [-0.2, -0.15) is 0 Å². The lowest BCUT2D eigenvalue weighted by Gasteiger charge is -2.05. The van der Waals surface area contributed by atoms with Gasteiger partial charge in [-0.3, -0.25) is 5.32 Å². The van der Waals surface area contributed by atoms with Crippen molar-refractivity contribution in [1.82, 2.24) is 10.6 Å². The standard InChI is InChI=1S/C19H39N3O2/c1-2-3-4-5-6-7-8-9-10-11-12-13-14-15-16-17-21-19(24)22-18(20)23/h2-17H2,1H3,(H4,20,21,22,23,24). The minimum Gasteiger partial charge on any atom is -0.351 e. The fraction of sp³-hybridized carbons (Fsp3) is 0.895. The Labute approximate surface area is 148 Å². The van der Waals surface area contributed by atoms with Crippen molar-refractivity contribution in [2.45, 2.75) is 103 Å². The fourth-order valence-corrected chi connectivity index (χ4v) is 2.85. The van der Waals surface area contributed by atoms with Crippen LogP contribution >= 0.6 is 0 Å². The predicted octanol–water partition coefficient (Wildman–Crippen LogP) is 5.24. The number of unbranched alkanes of at least 4 members (excludes halogenated alkanes) is 14. The Morgan fingerprint density at radius 1 is 0.667 bits per heavy atom. The van der Waals surface area contributed by atoms with Gasteiger partial charge in [0.2, 0.25) is 0 Å². The lowest BCUT2D eigenvalue weighted by atomic mass is 10.0. The molecule has 5 heteroatoms. The first-order valence-corrected chi connectivity index (χ1v) is 10.0. The minimum atomic E-state index is -0.816. The van der Waals surface area contributed by atoms with E-state index >= 15 is 0 Å². The summed E-state index contributed by atoms with van der Waals surface area (Å²) in [5.74, 6) is 0. The molecule has 4 amide bonds. The molecular weight excluding hydrogens is 302 g/mol. The summed E-state index contributed by atoms with van der Waals surface area (Å²) in [6.07, 6.45) is 19.8. The van der Waals surface area contributed by atoms with Gasteiger partial charge in [0.05, 0.1) is 0 Å². The molecule has 0 unspecified atom stereocenters. The second-order valence-electron chi connectivity index (χ2n) is 6.69. The van der Waals surface area contributed by atoms with Gasteiger partial charge in [-0.25, -0.2) is 9.59 Å². The van der Waals surface area contributed by atoms with Gasteiger partial charge < -0.3 is 11.1 Å². The lowest BCUT2D eigenvalue weighted by molar-refractivity contribution is 0.231. The van der Waals surface area contributed by atoms with E-state index in [1.165, 1.54) is 83.5 Å². The second kappa shape index (κ2) is 18.1. The van der Waals surface area contributed by atoms with Crippen molar-refractivity contribution in [3.8, 4) is 0 Å². The third-order valence-corrected chi connectivity index (χ3v) is 4.30. The monoisotopic (exact) mass is 341 g/mol. The number of urea groups is 2. The summed E-state index contributed by atoms with van der Waals surface area (Å²) in [6, 6.07) is -1.32. The molecule has 142 valence electrons. The van der Waals surface area contributed by atoms with Crippen LogP contribution in [-0.4, -0.2) is 18.6 Å². The van der Waals surface area contributed by atoms with E-state index in [2.05, 4.69) is 12.2 Å². The number of imide groups is 1. The maximum absolute atomic E-state index is 11.1. The van der Waals surface area contributed by atoms with E-state index in [9.17, 15) is 9.59 Å². The molecule has 0 aromatic rings. The molecule has 0 aliphatic rings. The average molecular weight is 342 g/mol. The van der Waals surface area contributed by atoms with Crippen molar-refractivity contribution in [3.63, 3.8) is 0 Å². The van der Waals surface area contributed by atoms with E-state index in [1.807, 2.05) is 5.32 Å². The van der Waals surface area contributed by atoms with Crippen LogP contribution < -0.4 is 16.4 Å². The van der Waals surface area contributed by atoms with E-state index in [0.717, 1.165) is 12.8 Å². The number of nitrogens with one attached hydrogen (secondary N) is 2. The Morgan fingerprint density at radius 3 is 1.42 bits per heavy atom. The molecule has 4 N–H and O–H groups in total. The van der Waals surface area contributed by atoms with Crippen molar-refractivity contribution >= 4 is 12.1 Å². The molecule has 0 radical (unpaired) electrons. The summed E-state index contributed by atoms with van der Waals surface area (Å²) >= 11 is 0. The Balaban J connectivity index is 3.07. The highest BCUT2D eigenvalue weighted by Gasteiger charge is 2.01. The molecule has 0 spiro atoms. The van der Waals surface area contributed by atoms with Crippen molar-refractivity contribution < 1.29 is 9.59 Å². The van der Waals surface area contributed by atoms with Crippen LogP contribution in [0.4, 0.5) is 9.59 Å². The Bertz CT molecular complexity index is 309. The quantitative estimate of drug-likeness (QED) is 0.336. The average Bonchev–Trinajstić information content (AvgIpc) is 2.53. The highest BCUT2D eigenvalue weighted by Crippen LogP contribution is 2.13. The maximum atomic E-state index is 11.1. The zero-order chi connectivity index (χ0) is 17.9. The smallest absolute Gasteiger partial charge is 0.322 e. The van der Waals surface area contributed by atoms with Crippen molar-refractivity contribution in [1.29, 1.82) is 0 Å². The summed E-state index contributed by atoms with van der Waals surface area (Å²) in [5, 5.41) is 4.59. The summed E-state index contributed by atoms with van der Waals surface area (Å²) in [4.78, 5) is 21.5. The molecule has 0 rings (SSSR count). The third-order valence-electron chi connectivity index (χ3n) is 4.30. The summed E-state index contributed by atoms with van der Waals surface area (Å²) in [5.41, 5.74) is 4.84. The summed E-state index contributed by atoms with van der Waals surface area (Å²) in [6.45, 7) is 2.86. The van der Waals surface area contributed by atoms with Gasteiger partial charge >= 0.3 is 12.1 Å². The largest absolute Gasteiger partial charge is 0.351 e. The minimum absolute atomic E-state index is 0.507. The van der Waals surface area contributed by atoms with Crippen LogP contribution in [0, 0.1) is 0 Å². The highest BCUT2D eigenvalue weighted by molar-refractivity contribution is 5.92. The number of primary amides is 1. The zero-order valence-corrected chi connectivity index (χ0v) is 15.7. The molecule has 5 nitrogen and oxygen atoms in total. The topological polar surface area (TPSA) is 84.2 Å². The predicted molar refractivity (Wildman–Crippen MR) is 101 cm³/mol. The second-order valence-corrected chi connectivity index (χ2v) is 6.69. The number of carbonyl (C=O) groups excluding carboxylic acids is 2. The van der Waals surface area contributed by atoms with Crippen molar-refractivity contribution in [2.75, 3.05) is 6.54 Å². The Hall–Kier alpha value is -1.26. The third kappa shape index (κ3) is 18.8. The van der Waals surface area contributed by atoms with Gasteiger partial charge in [0.15, 0.2) is 0 Å². The fourth-order valence-electron chi connectivity index (χ4n) is 2.85. The number of rotatable bonds is 16. The summed E-state index contributed by atoms with van der Waals surface area (Å²) in [7, 11) is 0. The molecule has 0 heterocycles. The first-order valence-electron chi connectivity index (χ1n) is 10.0.